The van der Waals surface area contributed by atoms with Gasteiger partial charge in [0, 0.05) is 22.4 Å². The van der Waals surface area contributed by atoms with Gasteiger partial charge in [0.1, 0.15) is 5.75 Å². The van der Waals surface area contributed by atoms with Crippen LogP contribution in [0.5, 0.6) is 5.75 Å². The molecule has 0 spiro atoms. The zero-order valence-corrected chi connectivity index (χ0v) is 19.2. The Morgan fingerprint density at radius 2 is 1.57 bits per heavy atom. The van der Waals surface area contributed by atoms with Gasteiger partial charge in [-0.1, -0.05) is 35.9 Å². The monoisotopic (exact) mass is 423 g/mol. The molecule has 0 aromatic heterocycles. The number of aryl methyl sites for hydroxylation is 1. The molecule has 30 heavy (non-hydrogen) atoms. The van der Waals surface area contributed by atoms with Gasteiger partial charge >= 0.3 is 0 Å². The number of amides is 1. The van der Waals surface area contributed by atoms with Crippen LogP contribution in [0.2, 0.25) is 0 Å². The van der Waals surface area contributed by atoms with E-state index in [0.717, 1.165) is 10.9 Å². The maximum absolute atomic E-state index is 13.9. The van der Waals surface area contributed by atoms with Gasteiger partial charge in [0.15, 0.2) is 0 Å². The third kappa shape index (κ3) is 4.12. The van der Waals surface area contributed by atoms with E-state index in [-0.39, 0.29) is 18.0 Å². The van der Waals surface area contributed by atoms with E-state index < -0.39 is 10.8 Å². The molecule has 4 nitrogen and oxygen atoms in total. The molecular formula is C25H29NO3S. The molecular weight excluding hydrogens is 394 g/mol. The van der Waals surface area contributed by atoms with Crippen molar-refractivity contribution < 1.29 is 13.7 Å². The van der Waals surface area contributed by atoms with Crippen LogP contribution in [0.3, 0.4) is 0 Å². The lowest BCUT2D eigenvalue weighted by Gasteiger charge is -2.32. The zero-order valence-electron chi connectivity index (χ0n) is 18.4. The Hall–Kier alpha value is -2.66. The molecule has 0 aliphatic rings. The predicted molar refractivity (Wildman–Crippen MR) is 123 cm³/mol. The molecule has 3 aromatic carbocycles. The van der Waals surface area contributed by atoms with Crippen molar-refractivity contribution in [2.75, 3.05) is 7.11 Å². The first-order valence-electron chi connectivity index (χ1n) is 10.2. The second-order valence-corrected chi connectivity index (χ2v) is 9.43. The first-order chi connectivity index (χ1) is 14.3. The van der Waals surface area contributed by atoms with Crippen LogP contribution in [0.25, 0.3) is 10.8 Å². The van der Waals surface area contributed by atoms with Crippen molar-refractivity contribution in [3.63, 3.8) is 0 Å². The van der Waals surface area contributed by atoms with Gasteiger partial charge in [0.2, 0.25) is 0 Å². The number of hydrogen-bond donors (Lipinski definition) is 0. The summed E-state index contributed by atoms with van der Waals surface area (Å²) in [6, 6.07) is 17.0. The minimum absolute atomic E-state index is 0.00289. The average molecular weight is 424 g/mol. The minimum atomic E-state index is -1.50. The van der Waals surface area contributed by atoms with Crippen molar-refractivity contribution in [1.29, 1.82) is 0 Å². The summed E-state index contributed by atoms with van der Waals surface area (Å²) in [6.45, 7) is 9.98. The predicted octanol–water partition coefficient (Wildman–Crippen LogP) is 5.58. The molecule has 0 aliphatic heterocycles. The smallest absolute Gasteiger partial charge is 0.256 e. The number of carbonyl (C=O) groups excluding carboxylic acids is 1. The normalized spacial score (nSPS) is 12.4. The first kappa shape index (κ1) is 22.0. The van der Waals surface area contributed by atoms with E-state index in [1.165, 1.54) is 0 Å². The van der Waals surface area contributed by atoms with Gasteiger partial charge in [0.25, 0.3) is 5.91 Å². The van der Waals surface area contributed by atoms with Crippen LogP contribution in [-0.4, -0.2) is 34.2 Å². The molecule has 3 rings (SSSR count). The summed E-state index contributed by atoms with van der Waals surface area (Å²) < 4.78 is 19.2. The average Bonchev–Trinajstić information content (AvgIpc) is 2.71. The molecule has 1 unspecified atom stereocenters. The van der Waals surface area contributed by atoms with E-state index in [0.29, 0.717) is 26.5 Å². The Balaban J connectivity index is 2.32. The number of rotatable bonds is 6. The number of hydrogen-bond acceptors (Lipinski definition) is 3. The molecule has 1 amide bonds. The first-order valence-corrected chi connectivity index (χ1v) is 11.3. The Bertz CT molecular complexity index is 1080. The number of ether oxygens (including phenoxy) is 1. The van der Waals surface area contributed by atoms with Gasteiger partial charge < -0.3 is 9.64 Å². The SMILES string of the molecule is COc1cccc2ccc(S(=O)c3ccc(C)cc3)c(C(=O)N(C(C)C)C(C)C)c12. The van der Waals surface area contributed by atoms with Crippen molar-refractivity contribution in [3.8, 4) is 5.75 Å². The van der Waals surface area contributed by atoms with Crippen molar-refractivity contribution in [2.24, 2.45) is 0 Å². The van der Waals surface area contributed by atoms with E-state index in [9.17, 15) is 9.00 Å². The number of fused-ring (bicyclic) bond motifs is 1. The van der Waals surface area contributed by atoms with Crippen molar-refractivity contribution in [1.82, 2.24) is 4.90 Å². The maximum Gasteiger partial charge on any atom is 0.256 e. The summed E-state index contributed by atoms with van der Waals surface area (Å²) in [6.07, 6.45) is 0. The van der Waals surface area contributed by atoms with E-state index in [1.54, 1.807) is 7.11 Å². The summed E-state index contributed by atoms with van der Waals surface area (Å²) in [4.78, 5) is 16.9. The lowest BCUT2D eigenvalue weighted by atomic mass is 10.0. The quantitative estimate of drug-likeness (QED) is 0.520. The minimum Gasteiger partial charge on any atom is -0.496 e. The molecule has 0 aliphatic carbocycles. The molecule has 0 fully saturated rings. The highest BCUT2D eigenvalue weighted by atomic mass is 32.2. The van der Waals surface area contributed by atoms with E-state index in [1.807, 2.05) is 94.1 Å². The standard InChI is InChI=1S/C25H29NO3S/c1-16(2)26(17(3)4)25(27)24-22(30(28)20-13-10-18(5)11-14-20)15-12-19-8-7-9-21(29-6)23(19)24/h7-17H,1-6H3. The molecule has 0 N–H and O–H groups in total. The molecule has 5 heteroatoms. The number of nitrogens with zero attached hydrogens (tertiary/aromatic N) is 1. The molecule has 1 atom stereocenters. The fourth-order valence-corrected chi connectivity index (χ4v) is 5.05. The highest BCUT2D eigenvalue weighted by Crippen LogP contribution is 2.35. The van der Waals surface area contributed by atoms with Crippen LogP contribution in [0.15, 0.2) is 64.4 Å². The molecule has 0 heterocycles. The fraction of sp³-hybridized carbons (Fsp3) is 0.320. The molecule has 0 bridgehead atoms. The van der Waals surface area contributed by atoms with Gasteiger partial charge in [-0.05, 0) is 64.3 Å². The van der Waals surface area contributed by atoms with E-state index in [4.69, 9.17) is 4.74 Å². The fourth-order valence-electron chi connectivity index (χ4n) is 3.85. The number of benzene rings is 3. The highest BCUT2D eigenvalue weighted by molar-refractivity contribution is 7.85. The van der Waals surface area contributed by atoms with Gasteiger partial charge in [-0.3, -0.25) is 4.79 Å². The molecule has 0 radical (unpaired) electrons. The van der Waals surface area contributed by atoms with Crippen LogP contribution in [-0.2, 0) is 10.8 Å². The molecule has 0 saturated heterocycles. The summed E-state index contributed by atoms with van der Waals surface area (Å²) in [5.74, 6) is 0.469. The maximum atomic E-state index is 13.9. The Kier molecular flexibility index (Phi) is 6.61. The third-order valence-electron chi connectivity index (χ3n) is 5.18. The third-order valence-corrected chi connectivity index (χ3v) is 6.62. The summed E-state index contributed by atoms with van der Waals surface area (Å²) >= 11 is 0. The van der Waals surface area contributed by atoms with Crippen LogP contribution in [0, 0.1) is 6.92 Å². The summed E-state index contributed by atoms with van der Waals surface area (Å²) in [7, 11) is 0.0930. The molecule has 3 aromatic rings. The lowest BCUT2D eigenvalue weighted by Crippen LogP contribution is -2.42. The van der Waals surface area contributed by atoms with Crippen LogP contribution >= 0.6 is 0 Å². The Morgan fingerprint density at radius 1 is 0.933 bits per heavy atom. The number of carbonyl (C=O) groups is 1. The highest BCUT2D eigenvalue weighted by Gasteiger charge is 2.29. The second kappa shape index (κ2) is 9.00. The van der Waals surface area contributed by atoms with Crippen molar-refractivity contribution in [2.45, 2.75) is 56.5 Å². The van der Waals surface area contributed by atoms with Gasteiger partial charge in [-0.15, -0.1) is 0 Å². The van der Waals surface area contributed by atoms with Gasteiger partial charge in [-0.25, -0.2) is 4.21 Å². The second-order valence-electron chi connectivity index (χ2n) is 7.98. The van der Waals surface area contributed by atoms with E-state index >= 15 is 0 Å². The van der Waals surface area contributed by atoms with Crippen LogP contribution in [0.4, 0.5) is 0 Å². The topological polar surface area (TPSA) is 46.6 Å². The van der Waals surface area contributed by atoms with Gasteiger partial charge in [-0.2, -0.15) is 0 Å². The Morgan fingerprint density at radius 3 is 2.13 bits per heavy atom. The van der Waals surface area contributed by atoms with E-state index in [2.05, 4.69) is 0 Å². The van der Waals surface area contributed by atoms with Crippen LogP contribution < -0.4 is 4.74 Å². The summed E-state index contributed by atoms with van der Waals surface area (Å²) in [5.41, 5.74) is 1.55. The lowest BCUT2D eigenvalue weighted by molar-refractivity contribution is 0.0642. The largest absolute Gasteiger partial charge is 0.496 e. The molecule has 0 saturated carbocycles. The Labute approximate surface area is 181 Å². The van der Waals surface area contributed by atoms with Gasteiger partial charge in [0.05, 0.1) is 28.4 Å². The summed E-state index contributed by atoms with van der Waals surface area (Å²) in [5, 5.41) is 1.59. The van der Waals surface area contributed by atoms with Crippen LogP contribution in [0.1, 0.15) is 43.6 Å². The zero-order chi connectivity index (χ0) is 22.0. The van der Waals surface area contributed by atoms with Crippen molar-refractivity contribution >= 4 is 27.5 Å². The number of methoxy groups -OCH3 is 1. The molecule has 158 valence electrons. The van der Waals surface area contributed by atoms with Crippen molar-refractivity contribution in [3.05, 3.63) is 65.7 Å².